The minimum Gasteiger partial charge on any atom is -0.468 e. The number of amides is 1. The molecule has 3 rings (SSSR count). The number of carbonyl (C=O) groups excluding carboxylic acids is 1. The number of hydrogen-bond donors (Lipinski definition) is 1. The Bertz CT molecular complexity index is 684. The molecule has 1 saturated heterocycles. The van der Waals surface area contributed by atoms with E-state index in [1.54, 1.807) is 24.7 Å². The maximum absolute atomic E-state index is 12.6. The third kappa shape index (κ3) is 4.90. The van der Waals surface area contributed by atoms with Crippen molar-refractivity contribution >= 4 is 17.2 Å². The maximum atomic E-state index is 12.6. The second kappa shape index (κ2) is 8.60. The van der Waals surface area contributed by atoms with Gasteiger partial charge in [-0.25, -0.2) is 4.98 Å². The van der Waals surface area contributed by atoms with Crippen molar-refractivity contribution in [2.75, 3.05) is 20.2 Å². The van der Waals surface area contributed by atoms with Crippen LogP contribution < -0.4 is 5.32 Å². The van der Waals surface area contributed by atoms with Crippen molar-refractivity contribution in [1.82, 2.24) is 15.2 Å². The zero-order valence-electron chi connectivity index (χ0n) is 14.8. The van der Waals surface area contributed by atoms with Gasteiger partial charge in [-0.1, -0.05) is 0 Å². The van der Waals surface area contributed by atoms with Crippen molar-refractivity contribution in [3.8, 4) is 0 Å². The molecule has 1 aliphatic rings. The number of furan rings is 1. The number of methoxy groups -OCH3 is 1. The molecule has 1 N–H and O–H groups in total. The Labute approximate surface area is 152 Å². The molecule has 25 heavy (non-hydrogen) atoms. The molecule has 0 spiro atoms. The van der Waals surface area contributed by atoms with Crippen molar-refractivity contribution in [3.05, 3.63) is 39.7 Å². The fourth-order valence-corrected chi connectivity index (χ4v) is 4.17. The summed E-state index contributed by atoms with van der Waals surface area (Å²) in [6.07, 6.45) is 3.67. The number of ether oxygens (including phenoxy) is 1. The monoisotopic (exact) mass is 363 g/mol. The summed E-state index contributed by atoms with van der Waals surface area (Å²) < 4.78 is 10.5. The van der Waals surface area contributed by atoms with Gasteiger partial charge in [-0.2, -0.15) is 0 Å². The lowest BCUT2D eigenvalue weighted by Crippen LogP contribution is -2.42. The fraction of sp³-hybridized carbons (Fsp3) is 0.556. The molecule has 136 valence electrons. The number of nitrogens with zero attached hydrogens (tertiary/aromatic N) is 2. The average Bonchev–Trinajstić information content (AvgIpc) is 3.23. The molecule has 2 aromatic rings. The number of aromatic nitrogens is 1. The van der Waals surface area contributed by atoms with E-state index >= 15 is 0 Å². The summed E-state index contributed by atoms with van der Waals surface area (Å²) in [6, 6.07) is 3.88. The smallest absolute Gasteiger partial charge is 0.224 e. The lowest BCUT2D eigenvalue weighted by molar-refractivity contribution is -0.127. The van der Waals surface area contributed by atoms with Gasteiger partial charge in [0.15, 0.2) is 0 Å². The van der Waals surface area contributed by atoms with Crippen LogP contribution in [0.2, 0.25) is 0 Å². The van der Waals surface area contributed by atoms with Gasteiger partial charge in [-0.3, -0.25) is 9.69 Å². The van der Waals surface area contributed by atoms with Gasteiger partial charge in [0.1, 0.15) is 10.8 Å². The van der Waals surface area contributed by atoms with Gasteiger partial charge in [0.2, 0.25) is 5.91 Å². The van der Waals surface area contributed by atoms with Crippen LogP contribution in [0.4, 0.5) is 0 Å². The summed E-state index contributed by atoms with van der Waals surface area (Å²) in [6.45, 7) is 5.60. The van der Waals surface area contributed by atoms with E-state index in [2.05, 4.69) is 15.2 Å². The molecule has 0 saturated carbocycles. The second-order valence-corrected chi connectivity index (χ2v) is 7.59. The Kier molecular flexibility index (Phi) is 6.23. The van der Waals surface area contributed by atoms with E-state index in [0.717, 1.165) is 53.8 Å². The number of carbonyl (C=O) groups is 1. The van der Waals surface area contributed by atoms with Crippen LogP contribution in [0.5, 0.6) is 0 Å². The minimum atomic E-state index is 0.0374. The van der Waals surface area contributed by atoms with E-state index < -0.39 is 0 Å². The highest BCUT2D eigenvalue weighted by Gasteiger charge is 2.26. The molecule has 2 aromatic heterocycles. The van der Waals surface area contributed by atoms with E-state index in [1.807, 2.05) is 19.1 Å². The average molecular weight is 363 g/mol. The molecule has 0 bridgehead atoms. The molecule has 1 amide bonds. The molecule has 7 heteroatoms. The third-order valence-corrected chi connectivity index (χ3v) is 5.59. The zero-order chi connectivity index (χ0) is 17.6. The van der Waals surface area contributed by atoms with Crippen molar-refractivity contribution in [2.45, 2.75) is 39.5 Å². The summed E-state index contributed by atoms with van der Waals surface area (Å²) in [4.78, 5) is 20.4. The Morgan fingerprint density at radius 3 is 3.20 bits per heavy atom. The molecular formula is C18H25N3O3S. The van der Waals surface area contributed by atoms with Crippen LogP contribution in [0.15, 0.2) is 22.8 Å². The molecule has 6 nitrogen and oxygen atoms in total. The SMILES string of the molecule is COCc1nc(C)c(CNC(=O)[C@H]2CCCN(Cc3ccco3)C2)s1. The lowest BCUT2D eigenvalue weighted by Gasteiger charge is -2.31. The Morgan fingerprint density at radius 2 is 2.44 bits per heavy atom. The highest BCUT2D eigenvalue weighted by atomic mass is 32.1. The number of nitrogens with one attached hydrogen (secondary N) is 1. The Balaban J connectivity index is 1.50. The van der Waals surface area contributed by atoms with Gasteiger partial charge < -0.3 is 14.5 Å². The van der Waals surface area contributed by atoms with Gasteiger partial charge in [0.25, 0.3) is 0 Å². The number of aryl methyl sites for hydroxylation is 1. The number of piperidine rings is 1. The van der Waals surface area contributed by atoms with Crippen LogP contribution in [0.3, 0.4) is 0 Å². The predicted octanol–water partition coefficient (Wildman–Crippen LogP) is 2.72. The summed E-state index contributed by atoms with van der Waals surface area (Å²) in [5.74, 6) is 1.12. The largest absolute Gasteiger partial charge is 0.468 e. The number of rotatable bonds is 7. The highest BCUT2D eigenvalue weighted by Crippen LogP contribution is 2.21. The fourth-order valence-electron chi connectivity index (χ4n) is 3.19. The normalized spacial score (nSPS) is 18.4. The van der Waals surface area contributed by atoms with Crippen LogP contribution in [-0.4, -0.2) is 36.0 Å². The van der Waals surface area contributed by atoms with E-state index in [4.69, 9.17) is 9.15 Å². The van der Waals surface area contributed by atoms with Crippen molar-refractivity contribution in [3.63, 3.8) is 0 Å². The topological polar surface area (TPSA) is 67.6 Å². The molecule has 3 heterocycles. The first-order valence-corrected chi connectivity index (χ1v) is 9.44. The molecule has 1 atom stereocenters. The van der Waals surface area contributed by atoms with E-state index in [9.17, 15) is 4.79 Å². The zero-order valence-corrected chi connectivity index (χ0v) is 15.6. The standard InChI is InChI=1S/C18H25N3O3S/c1-13-16(25-17(20-13)12-23-2)9-19-18(22)14-5-3-7-21(10-14)11-15-6-4-8-24-15/h4,6,8,14H,3,5,7,9-12H2,1-2H3,(H,19,22)/t14-/m0/s1. The Hall–Kier alpha value is -1.70. The minimum absolute atomic E-state index is 0.0374. The predicted molar refractivity (Wildman–Crippen MR) is 96.1 cm³/mol. The van der Waals surface area contributed by atoms with Gasteiger partial charge in [0.05, 0.1) is 37.6 Å². The molecule has 0 unspecified atom stereocenters. The van der Waals surface area contributed by atoms with Crippen LogP contribution in [-0.2, 0) is 29.2 Å². The molecule has 0 aliphatic carbocycles. The quantitative estimate of drug-likeness (QED) is 0.819. The molecular weight excluding hydrogens is 338 g/mol. The van der Waals surface area contributed by atoms with Gasteiger partial charge in [-0.05, 0) is 38.4 Å². The van der Waals surface area contributed by atoms with Crippen LogP contribution >= 0.6 is 11.3 Å². The van der Waals surface area contributed by atoms with E-state index in [0.29, 0.717) is 13.2 Å². The summed E-state index contributed by atoms with van der Waals surface area (Å²) in [5, 5.41) is 4.04. The van der Waals surface area contributed by atoms with E-state index in [-0.39, 0.29) is 11.8 Å². The first kappa shape index (κ1) is 18.1. The van der Waals surface area contributed by atoms with Crippen LogP contribution in [0, 0.1) is 12.8 Å². The molecule has 1 fully saturated rings. The molecule has 0 radical (unpaired) electrons. The highest BCUT2D eigenvalue weighted by molar-refractivity contribution is 7.11. The second-order valence-electron chi connectivity index (χ2n) is 6.42. The summed E-state index contributed by atoms with van der Waals surface area (Å²) in [5.41, 5.74) is 0.973. The third-order valence-electron chi connectivity index (χ3n) is 4.46. The van der Waals surface area contributed by atoms with Crippen molar-refractivity contribution in [2.24, 2.45) is 5.92 Å². The van der Waals surface area contributed by atoms with Gasteiger partial charge in [0, 0.05) is 18.5 Å². The van der Waals surface area contributed by atoms with E-state index in [1.165, 1.54) is 0 Å². The molecule has 1 aliphatic heterocycles. The van der Waals surface area contributed by atoms with Crippen molar-refractivity contribution < 1.29 is 13.9 Å². The first-order valence-electron chi connectivity index (χ1n) is 8.62. The first-order chi connectivity index (χ1) is 12.2. The lowest BCUT2D eigenvalue weighted by atomic mass is 9.97. The van der Waals surface area contributed by atoms with Crippen LogP contribution in [0.1, 0.15) is 34.2 Å². The summed E-state index contributed by atoms with van der Waals surface area (Å²) >= 11 is 1.60. The number of thiazole rings is 1. The summed E-state index contributed by atoms with van der Waals surface area (Å²) in [7, 11) is 1.66. The van der Waals surface area contributed by atoms with Gasteiger partial charge in [-0.15, -0.1) is 11.3 Å². The van der Waals surface area contributed by atoms with Crippen molar-refractivity contribution in [1.29, 1.82) is 0 Å². The van der Waals surface area contributed by atoms with Gasteiger partial charge >= 0.3 is 0 Å². The molecule has 0 aromatic carbocycles. The van der Waals surface area contributed by atoms with Crippen LogP contribution in [0.25, 0.3) is 0 Å². The number of hydrogen-bond acceptors (Lipinski definition) is 6. The maximum Gasteiger partial charge on any atom is 0.224 e. The number of likely N-dealkylation sites (tertiary alicyclic amines) is 1. The Morgan fingerprint density at radius 1 is 1.56 bits per heavy atom.